The molecular formula is C17H21ClN2O2. The van der Waals surface area contributed by atoms with Crippen molar-refractivity contribution in [3.63, 3.8) is 0 Å². The van der Waals surface area contributed by atoms with Crippen LogP contribution in [-0.2, 0) is 16.1 Å². The molecule has 1 aliphatic carbocycles. The number of aromatic nitrogens is 2. The van der Waals surface area contributed by atoms with Gasteiger partial charge in [-0.05, 0) is 36.3 Å². The Morgan fingerprint density at radius 1 is 1.50 bits per heavy atom. The Balaban J connectivity index is 1.80. The number of benzene rings is 1. The summed E-state index contributed by atoms with van der Waals surface area (Å²) in [5, 5.41) is 5.95. The number of hydrogen-bond donors (Lipinski definition) is 0. The summed E-state index contributed by atoms with van der Waals surface area (Å²) < 4.78 is 6.88. The molecule has 2 aromatic rings. The molecule has 0 radical (unpaired) electrons. The zero-order valence-corrected chi connectivity index (χ0v) is 13.9. The second kappa shape index (κ2) is 5.58. The van der Waals surface area contributed by atoms with Gasteiger partial charge in [-0.15, -0.1) is 0 Å². The van der Waals surface area contributed by atoms with Crippen molar-refractivity contribution in [1.29, 1.82) is 0 Å². The second-order valence-electron chi connectivity index (χ2n) is 6.45. The van der Waals surface area contributed by atoms with E-state index in [2.05, 4.69) is 18.9 Å². The molecule has 0 unspecified atom stereocenters. The fourth-order valence-electron chi connectivity index (χ4n) is 3.56. The van der Waals surface area contributed by atoms with Gasteiger partial charge in [0.25, 0.3) is 0 Å². The molecule has 2 atom stereocenters. The van der Waals surface area contributed by atoms with Crippen molar-refractivity contribution in [2.75, 3.05) is 7.11 Å². The maximum Gasteiger partial charge on any atom is 0.309 e. The standard InChI is InChI=1S/C17H21ClN2O2/c1-11(2)17(10-13(17)16(21)22-3)8-9-20-14-7-5-4-6-12(14)15(18)19-20/h4-7,11,13H,8-10H2,1-3H3/t13-,17-/m1/s1. The largest absolute Gasteiger partial charge is 0.469 e. The maximum absolute atomic E-state index is 11.9. The van der Waals surface area contributed by atoms with Crippen LogP contribution in [0.4, 0.5) is 0 Å². The maximum atomic E-state index is 11.9. The molecule has 1 aromatic carbocycles. The minimum Gasteiger partial charge on any atom is -0.469 e. The van der Waals surface area contributed by atoms with Crippen molar-refractivity contribution in [1.82, 2.24) is 9.78 Å². The smallest absolute Gasteiger partial charge is 0.309 e. The molecule has 0 amide bonds. The van der Waals surface area contributed by atoms with E-state index < -0.39 is 0 Å². The number of carbonyl (C=O) groups is 1. The van der Waals surface area contributed by atoms with E-state index in [1.807, 2.05) is 28.9 Å². The Bertz CT molecular complexity index is 710. The SMILES string of the molecule is COC(=O)[C@H]1C[C@]1(CCn1nc(Cl)c2ccccc21)C(C)C. The van der Waals surface area contributed by atoms with E-state index in [1.165, 1.54) is 7.11 Å². The van der Waals surface area contributed by atoms with Gasteiger partial charge in [0, 0.05) is 11.9 Å². The van der Waals surface area contributed by atoms with Crippen LogP contribution in [0.25, 0.3) is 10.9 Å². The number of methoxy groups -OCH3 is 1. The molecule has 1 aromatic heterocycles. The summed E-state index contributed by atoms with van der Waals surface area (Å²) in [4.78, 5) is 11.9. The molecule has 1 heterocycles. The number of fused-ring (bicyclic) bond motifs is 1. The number of hydrogen-bond acceptors (Lipinski definition) is 3. The molecule has 22 heavy (non-hydrogen) atoms. The van der Waals surface area contributed by atoms with Crippen LogP contribution in [0, 0.1) is 17.3 Å². The van der Waals surface area contributed by atoms with Gasteiger partial charge < -0.3 is 4.74 Å². The summed E-state index contributed by atoms with van der Waals surface area (Å²) in [5.41, 5.74) is 1.08. The number of ether oxygens (including phenoxy) is 1. The Labute approximate surface area is 135 Å². The minimum absolute atomic E-state index is 0.0230. The van der Waals surface area contributed by atoms with Crippen LogP contribution < -0.4 is 0 Å². The lowest BCUT2D eigenvalue weighted by Gasteiger charge is -2.21. The zero-order chi connectivity index (χ0) is 15.9. The van der Waals surface area contributed by atoms with Crippen molar-refractivity contribution >= 4 is 28.5 Å². The van der Waals surface area contributed by atoms with Crippen LogP contribution in [0.5, 0.6) is 0 Å². The average molecular weight is 321 g/mol. The predicted octanol–water partition coefficient (Wildman–Crippen LogP) is 3.92. The fourth-order valence-corrected chi connectivity index (χ4v) is 3.81. The summed E-state index contributed by atoms with van der Waals surface area (Å²) in [6, 6.07) is 7.96. The van der Waals surface area contributed by atoms with Crippen LogP contribution in [-0.4, -0.2) is 22.9 Å². The van der Waals surface area contributed by atoms with Gasteiger partial charge in [0.1, 0.15) is 0 Å². The van der Waals surface area contributed by atoms with E-state index in [9.17, 15) is 4.79 Å². The van der Waals surface area contributed by atoms with Gasteiger partial charge in [-0.25, -0.2) is 0 Å². The van der Waals surface area contributed by atoms with Crippen molar-refractivity contribution in [3.05, 3.63) is 29.4 Å². The first-order valence-corrected chi connectivity index (χ1v) is 8.06. The summed E-state index contributed by atoms with van der Waals surface area (Å²) in [5.74, 6) is 0.376. The van der Waals surface area contributed by atoms with E-state index in [0.717, 1.165) is 30.3 Å². The van der Waals surface area contributed by atoms with Crippen LogP contribution in [0.1, 0.15) is 26.7 Å². The van der Waals surface area contributed by atoms with E-state index in [-0.39, 0.29) is 17.3 Å². The number of aryl methyl sites for hydroxylation is 1. The number of para-hydroxylation sites is 1. The molecule has 5 heteroatoms. The van der Waals surface area contributed by atoms with Crippen LogP contribution in [0.15, 0.2) is 24.3 Å². The van der Waals surface area contributed by atoms with Crippen molar-refractivity contribution in [3.8, 4) is 0 Å². The lowest BCUT2D eigenvalue weighted by molar-refractivity contribution is -0.143. The lowest BCUT2D eigenvalue weighted by Crippen LogP contribution is -2.20. The van der Waals surface area contributed by atoms with Crippen LogP contribution >= 0.6 is 11.6 Å². The molecule has 1 saturated carbocycles. The minimum atomic E-state index is -0.0861. The summed E-state index contributed by atoms with van der Waals surface area (Å²) >= 11 is 6.20. The highest BCUT2D eigenvalue weighted by atomic mass is 35.5. The lowest BCUT2D eigenvalue weighted by atomic mass is 9.86. The Morgan fingerprint density at radius 2 is 2.23 bits per heavy atom. The summed E-state index contributed by atoms with van der Waals surface area (Å²) in [7, 11) is 1.46. The number of nitrogens with zero attached hydrogens (tertiary/aromatic N) is 2. The third kappa shape index (κ3) is 2.39. The third-order valence-corrected chi connectivity index (χ3v) is 5.43. The normalized spacial score (nSPS) is 24.0. The molecule has 4 nitrogen and oxygen atoms in total. The average Bonchev–Trinajstić information content (AvgIpc) is 3.18. The Morgan fingerprint density at radius 3 is 2.91 bits per heavy atom. The summed E-state index contributed by atoms with van der Waals surface area (Å²) in [6.45, 7) is 5.12. The quantitative estimate of drug-likeness (QED) is 0.784. The number of halogens is 1. The molecule has 0 spiro atoms. The number of esters is 1. The van der Waals surface area contributed by atoms with Crippen molar-refractivity contribution < 1.29 is 9.53 Å². The van der Waals surface area contributed by atoms with Gasteiger partial charge >= 0.3 is 5.97 Å². The van der Waals surface area contributed by atoms with Crippen LogP contribution in [0.3, 0.4) is 0 Å². The Kier molecular flexibility index (Phi) is 3.89. The highest BCUT2D eigenvalue weighted by Crippen LogP contribution is 2.61. The van der Waals surface area contributed by atoms with E-state index in [4.69, 9.17) is 16.3 Å². The van der Waals surface area contributed by atoms with Gasteiger partial charge in [0.05, 0.1) is 18.5 Å². The monoisotopic (exact) mass is 320 g/mol. The van der Waals surface area contributed by atoms with Crippen LogP contribution in [0.2, 0.25) is 5.15 Å². The molecule has 0 saturated heterocycles. The predicted molar refractivity (Wildman–Crippen MR) is 86.8 cm³/mol. The zero-order valence-electron chi connectivity index (χ0n) is 13.2. The van der Waals surface area contributed by atoms with Crippen molar-refractivity contribution in [2.45, 2.75) is 33.2 Å². The van der Waals surface area contributed by atoms with Gasteiger partial charge in [0.2, 0.25) is 0 Å². The molecule has 0 aliphatic heterocycles. The topological polar surface area (TPSA) is 44.1 Å². The molecular weight excluding hydrogens is 300 g/mol. The molecule has 1 aliphatic rings. The fraction of sp³-hybridized carbons (Fsp3) is 0.529. The molecule has 0 N–H and O–H groups in total. The first-order valence-electron chi connectivity index (χ1n) is 7.68. The number of rotatable bonds is 5. The molecule has 118 valence electrons. The Hall–Kier alpha value is -1.55. The van der Waals surface area contributed by atoms with Gasteiger partial charge in [-0.1, -0.05) is 37.6 Å². The molecule has 3 rings (SSSR count). The van der Waals surface area contributed by atoms with Gasteiger partial charge in [-0.3, -0.25) is 9.48 Å². The molecule has 1 fully saturated rings. The van der Waals surface area contributed by atoms with Crippen molar-refractivity contribution in [2.24, 2.45) is 17.3 Å². The van der Waals surface area contributed by atoms with E-state index >= 15 is 0 Å². The van der Waals surface area contributed by atoms with Gasteiger partial charge in [0.15, 0.2) is 5.15 Å². The first-order chi connectivity index (χ1) is 10.5. The molecule has 0 bridgehead atoms. The van der Waals surface area contributed by atoms with E-state index in [0.29, 0.717) is 11.1 Å². The highest BCUT2D eigenvalue weighted by Gasteiger charge is 2.60. The number of carbonyl (C=O) groups excluding carboxylic acids is 1. The third-order valence-electron chi connectivity index (χ3n) is 5.16. The highest BCUT2D eigenvalue weighted by molar-refractivity contribution is 6.34. The van der Waals surface area contributed by atoms with E-state index in [1.54, 1.807) is 0 Å². The summed E-state index contributed by atoms with van der Waals surface area (Å²) in [6.07, 6.45) is 1.82. The first kappa shape index (κ1) is 15.3. The second-order valence-corrected chi connectivity index (χ2v) is 6.81. The van der Waals surface area contributed by atoms with Gasteiger partial charge in [-0.2, -0.15) is 5.10 Å².